The van der Waals surface area contributed by atoms with Gasteiger partial charge in [0.05, 0.1) is 18.8 Å². The molecule has 0 bridgehead atoms. The molecule has 4 rings (SSSR count). The van der Waals surface area contributed by atoms with Gasteiger partial charge in [-0.05, 0) is 42.7 Å². The van der Waals surface area contributed by atoms with Crippen LogP contribution in [0.2, 0.25) is 0 Å². The fraction of sp³-hybridized carbons (Fsp3) is 0.300. The van der Waals surface area contributed by atoms with Gasteiger partial charge in [-0.1, -0.05) is 12.1 Å². The summed E-state index contributed by atoms with van der Waals surface area (Å²) in [6, 6.07) is 10.4. The summed E-state index contributed by atoms with van der Waals surface area (Å²) < 4.78 is 15.2. The number of anilines is 2. The highest BCUT2D eigenvalue weighted by Gasteiger charge is 2.28. The summed E-state index contributed by atoms with van der Waals surface area (Å²) in [7, 11) is 0. The molecule has 0 saturated carbocycles. The molecule has 0 spiro atoms. The standard InChI is InChI=1S/C20H21FN6O2/c1-13(28)22-12-20(29)24-19-11-23-17-7-8-18(25-27(17)19)26-9-3-6-16(26)14-4-2-5-15(21)10-14/h2,4-5,7-8,10-11,16H,3,6,9,12H2,1H3,(H,22,28)(H,24,29). The number of amides is 2. The molecular formula is C20H21FN6O2. The molecule has 2 amide bonds. The molecule has 1 fully saturated rings. The number of nitrogens with zero attached hydrogens (tertiary/aromatic N) is 4. The predicted molar refractivity (Wildman–Crippen MR) is 106 cm³/mol. The molecule has 3 aromatic rings. The van der Waals surface area contributed by atoms with E-state index < -0.39 is 0 Å². The lowest BCUT2D eigenvalue weighted by Crippen LogP contribution is -2.31. The molecule has 2 N–H and O–H groups in total. The van der Waals surface area contributed by atoms with E-state index in [0.717, 1.165) is 30.8 Å². The lowest BCUT2D eigenvalue weighted by atomic mass is 10.0. The Bertz CT molecular complexity index is 1070. The van der Waals surface area contributed by atoms with Crippen molar-refractivity contribution in [3.05, 3.63) is 54.0 Å². The van der Waals surface area contributed by atoms with Gasteiger partial charge in [-0.3, -0.25) is 9.59 Å². The van der Waals surface area contributed by atoms with Crippen molar-refractivity contribution in [2.24, 2.45) is 0 Å². The van der Waals surface area contributed by atoms with Crippen molar-refractivity contribution in [2.45, 2.75) is 25.8 Å². The maximum absolute atomic E-state index is 13.7. The third kappa shape index (κ3) is 4.03. The van der Waals surface area contributed by atoms with E-state index in [1.165, 1.54) is 19.2 Å². The Morgan fingerprint density at radius 1 is 1.28 bits per heavy atom. The Hall–Kier alpha value is -3.49. The summed E-state index contributed by atoms with van der Waals surface area (Å²) in [4.78, 5) is 29.4. The molecule has 3 heterocycles. The third-order valence-corrected chi connectivity index (χ3v) is 4.89. The van der Waals surface area contributed by atoms with E-state index in [1.54, 1.807) is 16.6 Å². The summed E-state index contributed by atoms with van der Waals surface area (Å²) in [5.41, 5.74) is 1.50. The van der Waals surface area contributed by atoms with Crippen molar-refractivity contribution < 1.29 is 14.0 Å². The van der Waals surface area contributed by atoms with Crippen LogP contribution in [0.4, 0.5) is 16.0 Å². The molecule has 1 saturated heterocycles. The first-order chi connectivity index (χ1) is 14.0. The van der Waals surface area contributed by atoms with Crippen LogP contribution in [-0.4, -0.2) is 39.5 Å². The molecule has 0 aliphatic carbocycles. The average molecular weight is 396 g/mol. The quantitative estimate of drug-likeness (QED) is 0.690. The van der Waals surface area contributed by atoms with Crippen LogP contribution in [0.15, 0.2) is 42.6 Å². The molecule has 1 unspecified atom stereocenters. The van der Waals surface area contributed by atoms with E-state index in [0.29, 0.717) is 11.5 Å². The Balaban J connectivity index is 1.59. The zero-order valence-corrected chi connectivity index (χ0v) is 15.9. The van der Waals surface area contributed by atoms with E-state index in [2.05, 4.69) is 25.6 Å². The van der Waals surface area contributed by atoms with Crippen LogP contribution < -0.4 is 15.5 Å². The lowest BCUT2D eigenvalue weighted by Gasteiger charge is -2.26. The van der Waals surface area contributed by atoms with Crippen molar-refractivity contribution >= 4 is 29.1 Å². The van der Waals surface area contributed by atoms with Crippen molar-refractivity contribution in [1.82, 2.24) is 19.9 Å². The number of carbonyl (C=O) groups is 2. The topological polar surface area (TPSA) is 91.6 Å². The van der Waals surface area contributed by atoms with Gasteiger partial charge in [0.1, 0.15) is 11.6 Å². The smallest absolute Gasteiger partial charge is 0.244 e. The van der Waals surface area contributed by atoms with Gasteiger partial charge < -0.3 is 15.5 Å². The van der Waals surface area contributed by atoms with E-state index >= 15 is 0 Å². The van der Waals surface area contributed by atoms with Gasteiger partial charge >= 0.3 is 0 Å². The number of imidazole rings is 1. The largest absolute Gasteiger partial charge is 0.348 e. The minimum Gasteiger partial charge on any atom is -0.348 e. The van der Waals surface area contributed by atoms with Crippen molar-refractivity contribution in [3.8, 4) is 0 Å². The lowest BCUT2D eigenvalue weighted by molar-refractivity contribution is -0.122. The van der Waals surface area contributed by atoms with Crippen LogP contribution in [0.1, 0.15) is 31.4 Å². The number of hydrogen-bond donors (Lipinski definition) is 2. The molecule has 1 aliphatic heterocycles. The van der Waals surface area contributed by atoms with Crippen molar-refractivity contribution in [3.63, 3.8) is 0 Å². The summed E-state index contributed by atoms with van der Waals surface area (Å²) in [5.74, 6) is 0.235. The highest BCUT2D eigenvalue weighted by atomic mass is 19.1. The van der Waals surface area contributed by atoms with Crippen LogP contribution in [0.5, 0.6) is 0 Å². The van der Waals surface area contributed by atoms with Gasteiger partial charge in [0.2, 0.25) is 11.8 Å². The normalized spacial score (nSPS) is 16.2. The van der Waals surface area contributed by atoms with Gasteiger partial charge in [-0.2, -0.15) is 4.52 Å². The summed E-state index contributed by atoms with van der Waals surface area (Å²) in [6.45, 7) is 2.02. The van der Waals surface area contributed by atoms with Gasteiger partial charge in [0, 0.05) is 13.5 Å². The molecule has 150 valence electrons. The molecule has 8 nitrogen and oxygen atoms in total. The SMILES string of the molecule is CC(=O)NCC(=O)Nc1cnc2ccc(N3CCCC3c3cccc(F)c3)nn12. The number of benzene rings is 1. The maximum atomic E-state index is 13.7. The predicted octanol–water partition coefficient (Wildman–Crippen LogP) is 2.28. The second-order valence-corrected chi connectivity index (χ2v) is 6.97. The van der Waals surface area contributed by atoms with Crippen molar-refractivity contribution in [1.29, 1.82) is 0 Å². The summed E-state index contributed by atoms with van der Waals surface area (Å²) >= 11 is 0. The maximum Gasteiger partial charge on any atom is 0.244 e. The zero-order chi connectivity index (χ0) is 20.4. The highest BCUT2D eigenvalue weighted by Crippen LogP contribution is 2.35. The molecule has 29 heavy (non-hydrogen) atoms. The first-order valence-corrected chi connectivity index (χ1v) is 9.42. The minimum absolute atomic E-state index is 0.0389. The van der Waals surface area contributed by atoms with E-state index in [4.69, 9.17) is 0 Å². The summed E-state index contributed by atoms with van der Waals surface area (Å²) in [5, 5.41) is 9.80. The molecular weight excluding hydrogens is 375 g/mol. The molecule has 9 heteroatoms. The number of halogens is 1. The fourth-order valence-corrected chi connectivity index (χ4v) is 3.60. The number of nitrogens with one attached hydrogen (secondary N) is 2. The number of rotatable bonds is 5. The Morgan fingerprint density at radius 3 is 2.93 bits per heavy atom. The number of carbonyl (C=O) groups excluding carboxylic acids is 2. The monoisotopic (exact) mass is 396 g/mol. The van der Waals surface area contributed by atoms with Crippen molar-refractivity contribution in [2.75, 3.05) is 23.3 Å². The molecule has 1 atom stereocenters. The number of hydrogen-bond acceptors (Lipinski definition) is 5. The van der Waals surface area contributed by atoms with Gasteiger partial charge in [0.15, 0.2) is 11.5 Å². The second-order valence-electron chi connectivity index (χ2n) is 6.97. The van der Waals surface area contributed by atoms with Gasteiger partial charge in [0.25, 0.3) is 0 Å². The Morgan fingerprint density at radius 2 is 2.14 bits per heavy atom. The van der Waals surface area contributed by atoms with Crippen LogP contribution in [0.25, 0.3) is 5.65 Å². The van der Waals surface area contributed by atoms with E-state index in [-0.39, 0.29) is 30.2 Å². The first kappa shape index (κ1) is 18.9. The zero-order valence-electron chi connectivity index (χ0n) is 15.9. The first-order valence-electron chi connectivity index (χ1n) is 9.42. The van der Waals surface area contributed by atoms with Crippen LogP contribution >= 0.6 is 0 Å². The van der Waals surface area contributed by atoms with Crippen LogP contribution in [0, 0.1) is 5.82 Å². The molecule has 0 radical (unpaired) electrons. The van der Waals surface area contributed by atoms with E-state index in [9.17, 15) is 14.0 Å². The Kier molecular flexibility index (Phi) is 5.11. The highest BCUT2D eigenvalue weighted by molar-refractivity contribution is 5.93. The Labute approximate surface area is 166 Å². The minimum atomic E-state index is -0.368. The van der Waals surface area contributed by atoms with E-state index in [1.807, 2.05) is 18.2 Å². The van der Waals surface area contributed by atoms with Crippen LogP contribution in [0.3, 0.4) is 0 Å². The number of fused-ring (bicyclic) bond motifs is 1. The van der Waals surface area contributed by atoms with Gasteiger partial charge in [-0.25, -0.2) is 9.37 Å². The average Bonchev–Trinajstić information content (AvgIpc) is 3.33. The summed E-state index contributed by atoms with van der Waals surface area (Å²) in [6.07, 6.45) is 3.41. The molecule has 2 aromatic heterocycles. The molecule has 1 aromatic carbocycles. The van der Waals surface area contributed by atoms with Gasteiger partial charge in [-0.15, -0.1) is 5.10 Å². The van der Waals surface area contributed by atoms with Crippen LogP contribution in [-0.2, 0) is 9.59 Å². The second kappa shape index (κ2) is 7.86. The molecule has 1 aliphatic rings. The number of aromatic nitrogens is 3. The fourth-order valence-electron chi connectivity index (χ4n) is 3.60. The third-order valence-electron chi connectivity index (χ3n) is 4.89.